The van der Waals surface area contributed by atoms with Crippen molar-refractivity contribution in [1.29, 1.82) is 0 Å². The molecule has 8 heteroatoms. The summed E-state index contributed by atoms with van der Waals surface area (Å²) in [5.74, 6) is 0.447. The molecule has 31 heavy (non-hydrogen) atoms. The number of alkyl halides is 3. The van der Waals surface area contributed by atoms with Crippen LogP contribution < -0.4 is 0 Å². The molecule has 0 unspecified atom stereocenters. The Morgan fingerprint density at radius 1 is 0.935 bits per heavy atom. The standard InChI is InChI=1S/C23H18F3N5/c24-23(25,26)18-6-3-16(4-7-18)22-28-12-17-13-31(11-9-20(17)30-22)14-19-8-5-15-2-1-10-27-21(15)29-19/h1-8,10,12H,9,11,13-14H2. The zero-order valence-electron chi connectivity index (χ0n) is 16.5. The van der Waals surface area contributed by atoms with Crippen LogP contribution in [0.2, 0.25) is 0 Å². The first-order valence-electron chi connectivity index (χ1n) is 9.91. The maximum absolute atomic E-state index is 12.8. The molecule has 0 N–H and O–H groups in total. The zero-order valence-corrected chi connectivity index (χ0v) is 16.5. The average Bonchev–Trinajstić information content (AvgIpc) is 2.78. The van der Waals surface area contributed by atoms with Gasteiger partial charge in [0.25, 0.3) is 0 Å². The van der Waals surface area contributed by atoms with Crippen LogP contribution in [0.15, 0.2) is 60.9 Å². The van der Waals surface area contributed by atoms with E-state index in [0.29, 0.717) is 24.5 Å². The highest BCUT2D eigenvalue weighted by atomic mass is 19.4. The minimum atomic E-state index is -4.35. The highest BCUT2D eigenvalue weighted by Gasteiger charge is 2.30. The number of hydrogen-bond donors (Lipinski definition) is 0. The van der Waals surface area contributed by atoms with Gasteiger partial charge >= 0.3 is 6.18 Å². The molecule has 1 aromatic carbocycles. The summed E-state index contributed by atoms with van der Waals surface area (Å²) in [6.45, 7) is 2.22. The Kier molecular flexibility index (Phi) is 4.86. The molecule has 156 valence electrons. The molecule has 4 heterocycles. The van der Waals surface area contributed by atoms with Gasteiger partial charge < -0.3 is 0 Å². The lowest BCUT2D eigenvalue weighted by Crippen LogP contribution is -2.31. The first-order chi connectivity index (χ1) is 15.0. The number of pyridine rings is 2. The van der Waals surface area contributed by atoms with Gasteiger partial charge in [0.2, 0.25) is 0 Å². The smallest absolute Gasteiger partial charge is 0.293 e. The third kappa shape index (κ3) is 4.11. The fourth-order valence-corrected chi connectivity index (χ4v) is 3.77. The number of nitrogens with zero attached hydrogens (tertiary/aromatic N) is 5. The van der Waals surface area contributed by atoms with E-state index in [-0.39, 0.29) is 0 Å². The van der Waals surface area contributed by atoms with Crippen molar-refractivity contribution in [2.45, 2.75) is 25.7 Å². The number of aromatic nitrogens is 4. The van der Waals surface area contributed by atoms with Crippen molar-refractivity contribution in [2.24, 2.45) is 0 Å². The van der Waals surface area contributed by atoms with Gasteiger partial charge in [-0.05, 0) is 36.4 Å². The number of rotatable bonds is 3. The van der Waals surface area contributed by atoms with E-state index < -0.39 is 11.7 Å². The molecule has 0 bridgehead atoms. The van der Waals surface area contributed by atoms with Crippen LogP contribution in [0.3, 0.4) is 0 Å². The fourth-order valence-electron chi connectivity index (χ4n) is 3.77. The lowest BCUT2D eigenvalue weighted by molar-refractivity contribution is -0.137. The summed E-state index contributed by atoms with van der Waals surface area (Å²) in [6.07, 6.45) is -0.0926. The molecule has 0 saturated carbocycles. The van der Waals surface area contributed by atoms with Crippen molar-refractivity contribution < 1.29 is 13.2 Å². The van der Waals surface area contributed by atoms with E-state index in [9.17, 15) is 13.2 Å². The van der Waals surface area contributed by atoms with Gasteiger partial charge in [0.15, 0.2) is 11.5 Å². The van der Waals surface area contributed by atoms with Crippen LogP contribution in [0.4, 0.5) is 13.2 Å². The molecule has 0 atom stereocenters. The van der Waals surface area contributed by atoms with Crippen LogP contribution in [-0.2, 0) is 25.7 Å². The van der Waals surface area contributed by atoms with Gasteiger partial charge in [0, 0.05) is 55.0 Å². The predicted octanol–water partition coefficient (Wildman–Crippen LogP) is 4.66. The molecule has 5 rings (SSSR count). The minimum absolute atomic E-state index is 0.447. The van der Waals surface area contributed by atoms with Crippen LogP contribution in [0.1, 0.15) is 22.5 Å². The van der Waals surface area contributed by atoms with Gasteiger partial charge in [-0.25, -0.2) is 19.9 Å². The third-order valence-electron chi connectivity index (χ3n) is 5.39. The minimum Gasteiger partial charge on any atom is -0.293 e. The lowest BCUT2D eigenvalue weighted by Gasteiger charge is -2.27. The Morgan fingerprint density at radius 2 is 1.77 bits per heavy atom. The van der Waals surface area contributed by atoms with E-state index in [2.05, 4.69) is 24.8 Å². The maximum Gasteiger partial charge on any atom is 0.416 e. The average molecular weight is 421 g/mol. The first-order valence-corrected chi connectivity index (χ1v) is 9.91. The molecular formula is C23H18F3N5. The highest BCUT2D eigenvalue weighted by Crippen LogP contribution is 2.30. The van der Waals surface area contributed by atoms with Gasteiger partial charge in [-0.1, -0.05) is 12.1 Å². The van der Waals surface area contributed by atoms with Crippen molar-refractivity contribution in [3.05, 3.63) is 83.4 Å². The normalized spacial score (nSPS) is 14.5. The van der Waals surface area contributed by atoms with E-state index in [1.165, 1.54) is 12.1 Å². The fraction of sp³-hybridized carbons (Fsp3) is 0.217. The van der Waals surface area contributed by atoms with E-state index >= 15 is 0 Å². The SMILES string of the molecule is FC(F)(F)c1ccc(-c2ncc3c(n2)CCN(Cc2ccc4cccnc4n2)C3)cc1. The summed E-state index contributed by atoms with van der Waals surface area (Å²) in [4.78, 5) is 20.2. The molecule has 0 spiro atoms. The number of hydrogen-bond acceptors (Lipinski definition) is 5. The molecule has 1 aliphatic rings. The third-order valence-corrected chi connectivity index (χ3v) is 5.39. The summed E-state index contributed by atoms with van der Waals surface area (Å²) in [6, 6.07) is 12.9. The van der Waals surface area contributed by atoms with Crippen molar-refractivity contribution in [3.63, 3.8) is 0 Å². The van der Waals surface area contributed by atoms with Gasteiger partial charge in [0.1, 0.15) is 0 Å². The summed E-state index contributed by atoms with van der Waals surface area (Å²) in [7, 11) is 0. The molecule has 1 aliphatic heterocycles. The van der Waals surface area contributed by atoms with Crippen LogP contribution in [0, 0.1) is 0 Å². The molecule has 0 aliphatic carbocycles. The Labute approximate surface area is 176 Å². The van der Waals surface area contributed by atoms with E-state index in [1.54, 1.807) is 12.4 Å². The maximum atomic E-state index is 12.8. The van der Waals surface area contributed by atoms with Crippen molar-refractivity contribution in [2.75, 3.05) is 6.54 Å². The number of fused-ring (bicyclic) bond motifs is 2. The lowest BCUT2D eigenvalue weighted by atomic mass is 10.1. The summed E-state index contributed by atoms with van der Waals surface area (Å²) in [5.41, 5.74) is 3.56. The van der Waals surface area contributed by atoms with Crippen molar-refractivity contribution in [1.82, 2.24) is 24.8 Å². The molecule has 0 fully saturated rings. The topological polar surface area (TPSA) is 54.8 Å². The molecule has 5 nitrogen and oxygen atoms in total. The summed E-state index contributed by atoms with van der Waals surface area (Å²) in [5, 5.41) is 1.01. The predicted molar refractivity (Wildman–Crippen MR) is 110 cm³/mol. The van der Waals surface area contributed by atoms with Crippen LogP contribution in [0.25, 0.3) is 22.4 Å². The monoisotopic (exact) mass is 421 g/mol. The Balaban J connectivity index is 1.31. The molecule has 0 saturated heterocycles. The second-order valence-corrected chi connectivity index (χ2v) is 7.55. The molecule has 0 radical (unpaired) electrons. The van der Waals surface area contributed by atoms with Gasteiger partial charge in [-0.15, -0.1) is 0 Å². The summed E-state index contributed by atoms with van der Waals surface area (Å²) >= 11 is 0. The van der Waals surface area contributed by atoms with Gasteiger partial charge in [-0.3, -0.25) is 4.90 Å². The quantitative estimate of drug-likeness (QED) is 0.482. The Morgan fingerprint density at radius 3 is 2.58 bits per heavy atom. The second-order valence-electron chi connectivity index (χ2n) is 7.55. The van der Waals surface area contributed by atoms with Crippen molar-refractivity contribution in [3.8, 4) is 11.4 Å². The molecule has 4 aromatic rings. The Hall–Kier alpha value is -3.39. The zero-order chi connectivity index (χ0) is 21.4. The van der Waals surface area contributed by atoms with Gasteiger partial charge in [0.05, 0.1) is 17.0 Å². The second kappa shape index (κ2) is 7.70. The first kappa shape index (κ1) is 19.6. The molecule has 0 amide bonds. The largest absolute Gasteiger partial charge is 0.416 e. The molecule has 3 aromatic heterocycles. The van der Waals surface area contributed by atoms with E-state index in [4.69, 9.17) is 0 Å². The highest BCUT2D eigenvalue weighted by molar-refractivity contribution is 5.74. The van der Waals surface area contributed by atoms with E-state index in [0.717, 1.165) is 53.1 Å². The molecular weight excluding hydrogens is 403 g/mol. The summed E-state index contributed by atoms with van der Waals surface area (Å²) < 4.78 is 38.3. The number of halogens is 3. The van der Waals surface area contributed by atoms with E-state index in [1.807, 2.05) is 24.3 Å². The van der Waals surface area contributed by atoms with Crippen LogP contribution >= 0.6 is 0 Å². The van der Waals surface area contributed by atoms with Crippen LogP contribution in [0.5, 0.6) is 0 Å². The van der Waals surface area contributed by atoms with Gasteiger partial charge in [-0.2, -0.15) is 13.2 Å². The van der Waals surface area contributed by atoms with Crippen molar-refractivity contribution >= 4 is 11.0 Å². The van der Waals surface area contributed by atoms with Crippen LogP contribution in [-0.4, -0.2) is 31.4 Å². The number of benzene rings is 1. The Bertz CT molecular complexity index is 1240.